The topological polar surface area (TPSA) is 46.5 Å². The predicted molar refractivity (Wildman–Crippen MR) is 67.9 cm³/mol. The Morgan fingerprint density at radius 1 is 1.41 bits per heavy atom. The molecule has 92 valence electrons. The average Bonchev–Trinajstić information content (AvgIpc) is 3.02. The number of benzene rings is 1. The maximum Gasteiger partial charge on any atom is 0.307 e. The van der Waals surface area contributed by atoms with Gasteiger partial charge in [0.15, 0.2) is 0 Å². The molecule has 2 unspecified atom stereocenters. The molecule has 0 aromatic heterocycles. The van der Waals surface area contributed by atoms with E-state index in [1.54, 1.807) is 18.9 Å². The first-order valence-electron chi connectivity index (χ1n) is 5.57. The van der Waals surface area contributed by atoms with Crippen LogP contribution in [0.1, 0.15) is 17.5 Å². The highest BCUT2D eigenvalue weighted by molar-refractivity contribution is 8.00. The van der Waals surface area contributed by atoms with Gasteiger partial charge in [-0.1, -0.05) is 0 Å². The fraction of sp³-hybridized carbons (Fsp3) is 0.462. The molecule has 0 aliphatic heterocycles. The lowest BCUT2D eigenvalue weighted by Crippen LogP contribution is -2.00. The second-order valence-electron chi connectivity index (χ2n) is 4.42. The highest BCUT2D eigenvalue weighted by Gasteiger charge is 2.44. The first-order valence-corrected chi connectivity index (χ1v) is 6.45. The summed E-state index contributed by atoms with van der Waals surface area (Å²) < 4.78 is 5.26. The molecule has 17 heavy (non-hydrogen) atoms. The summed E-state index contributed by atoms with van der Waals surface area (Å²) in [4.78, 5) is 11.9. The van der Waals surface area contributed by atoms with Crippen LogP contribution in [0.15, 0.2) is 17.0 Å². The van der Waals surface area contributed by atoms with E-state index in [-0.39, 0.29) is 11.2 Å². The van der Waals surface area contributed by atoms with Crippen LogP contribution in [0.3, 0.4) is 0 Å². The van der Waals surface area contributed by atoms with E-state index in [2.05, 4.69) is 6.07 Å². The molecule has 1 N–H and O–H groups in total. The van der Waals surface area contributed by atoms with Gasteiger partial charge < -0.3 is 9.84 Å². The quantitative estimate of drug-likeness (QED) is 0.895. The van der Waals surface area contributed by atoms with Crippen molar-refractivity contribution in [3.8, 4) is 5.75 Å². The normalized spacial score (nSPS) is 22.3. The largest absolute Gasteiger partial charge is 0.496 e. The van der Waals surface area contributed by atoms with Crippen molar-refractivity contribution in [2.24, 2.45) is 5.92 Å². The molecule has 1 fully saturated rings. The summed E-state index contributed by atoms with van der Waals surface area (Å²) in [7, 11) is 1.66. The number of ether oxygens (including phenoxy) is 1. The molecule has 1 aromatic carbocycles. The van der Waals surface area contributed by atoms with Crippen LogP contribution in [0.25, 0.3) is 0 Å². The number of hydrogen-bond donors (Lipinski definition) is 1. The lowest BCUT2D eigenvalue weighted by molar-refractivity contribution is -0.138. The minimum atomic E-state index is -0.676. The second kappa shape index (κ2) is 4.61. The molecule has 0 spiro atoms. The molecule has 0 saturated heterocycles. The van der Waals surface area contributed by atoms with Gasteiger partial charge in [0.25, 0.3) is 0 Å². The second-order valence-corrected chi connectivity index (χ2v) is 5.71. The molecule has 0 amide bonds. The number of methoxy groups -OCH3 is 1. The van der Waals surface area contributed by atoms with Crippen molar-refractivity contribution in [1.29, 1.82) is 0 Å². The van der Waals surface area contributed by atoms with Crippen LogP contribution < -0.4 is 4.74 Å². The molecule has 1 aromatic rings. The molecule has 2 rings (SSSR count). The molecule has 0 bridgehead atoms. The van der Waals surface area contributed by atoms with Gasteiger partial charge in [-0.05, 0) is 43.5 Å². The van der Waals surface area contributed by atoms with E-state index < -0.39 is 5.97 Å². The Balaban J connectivity index is 2.12. The van der Waals surface area contributed by atoms with Gasteiger partial charge in [-0.2, -0.15) is 0 Å². The van der Waals surface area contributed by atoms with Crippen LogP contribution in [-0.2, 0) is 4.79 Å². The molecule has 4 heteroatoms. The molecule has 3 nitrogen and oxygen atoms in total. The number of thioether (sulfide) groups is 1. The average molecular weight is 252 g/mol. The van der Waals surface area contributed by atoms with Gasteiger partial charge in [-0.25, -0.2) is 0 Å². The summed E-state index contributed by atoms with van der Waals surface area (Å²) in [6, 6.07) is 4.09. The molecule has 1 aliphatic carbocycles. The Bertz CT molecular complexity index is 456. The van der Waals surface area contributed by atoms with E-state index in [1.165, 1.54) is 0 Å². The molecular weight excluding hydrogens is 236 g/mol. The summed E-state index contributed by atoms with van der Waals surface area (Å²) in [5.74, 6) is 0.0459. The lowest BCUT2D eigenvalue weighted by Gasteiger charge is -2.10. The summed E-state index contributed by atoms with van der Waals surface area (Å²) in [6.07, 6.45) is 0.782. The van der Waals surface area contributed by atoms with Crippen molar-refractivity contribution in [2.75, 3.05) is 7.11 Å². The zero-order valence-corrected chi connectivity index (χ0v) is 11.0. The molecule has 1 aliphatic rings. The van der Waals surface area contributed by atoms with E-state index in [0.717, 1.165) is 28.2 Å². The standard InChI is InChI=1S/C13H16O3S/c1-7-5-11(8(2)4-10(7)16-3)17-12-6-9(12)13(14)15/h4-5,9,12H,6H2,1-3H3,(H,14,15). The Kier molecular flexibility index (Phi) is 3.33. The first-order chi connectivity index (χ1) is 8.02. The third kappa shape index (κ3) is 2.57. The van der Waals surface area contributed by atoms with E-state index in [1.807, 2.05) is 19.9 Å². The van der Waals surface area contributed by atoms with Crippen molar-refractivity contribution >= 4 is 17.7 Å². The monoisotopic (exact) mass is 252 g/mol. The van der Waals surface area contributed by atoms with E-state index in [9.17, 15) is 4.79 Å². The van der Waals surface area contributed by atoms with Crippen LogP contribution in [0, 0.1) is 19.8 Å². The molecule has 0 radical (unpaired) electrons. The van der Waals surface area contributed by atoms with Crippen LogP contribution in [-0.4, -0.2) is 23.4 Å². The Morgan fingerprint density at radius 3 is 2.65 bits per heavy atom. The number of rotatable bonds is 4. The van der Waals surface area contributed by atoms with Gasteiger partial charge in [0.05, 0.1) is 13.0 Å². The zero-order chi connectivity index (χ0) is 12.6. The van der Waals surface area contributed by atoms with Gasteiger partial charge >= 0.3 is 5.97 Å². The fourth-order valence-electron chi connectivity index (χ4n) is 1.83. The first kappa shape index (κ1) is 12.3. The molecule has 2 atom stereocenters. The highest BCUT2D eigenvalue weighted by atomic mass is 32.2. The Morgan fingerprint density at radius 2 is 2.12 bits per heavy atom. The van der Waals surface area contributed by atoms with Crippen molar-refractivity contribution in [1.82, 2.24) is 0 Å². The number of hydrogen-bond acceptors (Lipinski definition) is 3. The van der Waals surface area contributed by atoms with Crippen molar-refractivity contribution < 1.29 is 14.6 Å². The lowest BCUT2D eigenvalue weighted by atomic mass is 10.1. The smallest absolute Gasteiger partial charge is 0.307 e. The zero-order valence-electron chi connectivity index (χ0n) is 10.2. The minimum Gasteiger partial charge on any atom is -0.496 e. The predicted octanol–water partition coefficient (Wildman–Crippen LogP) is 2.88. The van der Waals surface area contributed by atoms with Crippen LogP contribution in [0.2, 0.25) is 0 Å². The van der Waals surface area contributed by atoms with Gasteiger partial charge in [0.2, 0.25) is 0 Å². The third-order valence-corrected chi connectivity index (χ3v) is 4.54. The summed E-state index contributed by atoms with van der Waals surface area (Å²) in [5.41, 5.74) is 2.24. The molecule has 0 heterocycles. The Labute approximate surface area is 105 Å². The van der Waals surface area contributed by atoms with Gasteiger partial charge in [0, 0.05) is 10.1 Å². The molecule has 1 saturated carbocycles. The Hall–Kier alpha value is -1.16. The SMILES string of the molecule is COc1cc(C)c(SC2CC2C(=O)O)cc1C. The van der Waals surface area contributed by atoms with Gasteiger partial charge in [0.1, 0.15) is 5.75 Å². The number of aryl methyl sites for hydroxylation is 2. The van der Waals surface area contributed by atoms with Crippen LogP contribution in [0.4, 0.5) is 0 Å². The number of aliphatic carboxylic acids is 1. The summed E-state index contributed by atoms with van der Waals surface area (Å²) in [5, 5.41) is 9.11. The van der Waals surface area contributed by atoms with E-state index >= 15 is 0 Å². The number of carboxylic acid groups (broad SMARTS) is 1. The summed E-state index contributed by atoms with van der Waals surface area (Å²) in [6.45, 7) is 4.03. The third-order valence-electron chi connectivity index (χ3n) is 3.02. The van der Waals surface area contributed by atoms with E-state index in [4.69, 9.17) is 9.84 Å². The maximum atomic E-state index is 10.8. The van der Waals surface area contributed by atoms with E-state index in [0.29, 0.717) is 0 Å². The summed E-state index contributed by atoms with van der Waals surface area (Å²) >= 11 is 1.67. The van der Waals surface area contributed by atoms with Gasteiger partial charge in [-0.15, -0.1) is 11.8 Å². The van der Waals surface area contributed by atoms with Crippen molar-refractivity contribution in [3.63, 3.8) is 0 Å². The number of carbonyl (C=O) groups is 1. The van der Waals surface area contributed by atoms with Gasteiger partial charge in [-0.3, -0.25) is 4.79 Å². The maximum absolute atomic E-state index is 10.8. The fourth-order valence-corrected chi connectivity index (χ4v) is 3.24. The van der Waals surface area contributed by atoms with Crippen molar-refractivity contribution in [2.45, 2.75) is 30.4 Å². The van der Waals surface area contributed by atoms with Crippen molar-refractivity contribution in [3.05, 3.63) is 23.3 Å². The van der Waals surface area contributed by atoms with Crippen LogP contribution in [0.5, 0.6) is 5.75 Å². The molecular formula is C13H16O3S. The van der Waals surface area contributed by atoms with Crippen LogP contribution >= 0.6 is 11.8 Å². The minimum absolute atomic E-state index is 0.165. The number of carboxylic acids is 1. The highest BCUT2D eigenvalue weighted by Crippen LogP contribution is 2.46.